The molecule has 3 amide bonds. The van der Waals surface area contributed by atoms with Crippen LogP contribution in [0.5, 0.6) is 0 Å². The summed E-state index contributed by atoms with van der Waals surface area (Å²) in [7, 11) is 1.68. The Bertz CT molecular complexity index is 604. The molecule has 124 valence electrons. The number of nitrogens with zero attached hydrogens (tertiary/aromatic N) is 2. The highest BCUT2D eigenvalue weighted by Crippen LogP contribution is 2.22. The van der Waals surface area contributed by atoms with Crippen molar-refractivity contribution in [3.05, 3.63) is 34.3 Å². The molecule has 1 atom stereocenters. The van der Waals surface area contributed by atoms with E-state index >= 15 is 0 Å². The van der Waals surface area contributed by atoms with Crippen LogP contribution in [-0.2, 0) is 4.79 Å². The molecule has 2 rings (SSSR count). The lowest BCUT2D eigenvalue weighted by Crippen LogP contribution is -2.43. The van der Waals surface area contributed by atoms with Crippen molar-refractivity contribution >= 4 is 33.8 Å². The Balaban J connectivity index is 1.85. The van der Waals surface area contributed by atoms with E-state index in [-0.39, 0.29) is 24.5 Å². The third kappa shape index (κ3) is 4.44. The first-order valence-electron chi connectivity index (χ1n) is 7.32. The van der Waals surface area contributed by atoms with E-state index in [2.05, 4.69) is 36.9 Å². The van der Waals surface area contributed by atoms with E-state index in [9.17, 15) is 9.59 Å². The number of rotatable bonds is 5. The van der Waals surface area contributed by atoms with Gasteiger partial charge in [0, 0.05) is 24.6 Å². The van der Waals surface area contributed by atoms with Gasteiger partial charge < -0.3 is 16.0 Å². The molecular formula is C15H20BrN5O2. The SMILES string of the molecule is CN=C(NCCN1C(=O)CNC1=O)NC(C)c1ccccc1Br. The third-order valence-corrected chi connectivity index (χ3v) is 4.24. The Labute approximate surface area is 143 Å². The topological polar surface area (TPSA) is 85.8 Å². The number of carbonyl (C=O) groups is 2. The Morgan fingerprint density at radius 2 is 2.17 bits per heavy atom. The van der Waals surface area contributed by atoms with Gasteiger partial charge in [0.2, 0.25) is 5.91 Å². The summed E-state index contributed by atoms with van der Waals surface area (Å²) >= 11 is 3.53. The molecule has 1 heterocycles. The Hall–Kier alpha value is -2.09. The first-order valence-corrected chi connectivity index (χ1v) is 8.12. The van der Waals surface area contributed by atoms with Gasteiger partial charge in [-0.1, -0.05) is 34.1 Å². The zero-order chi connectivity index (χ0) is 16.8. The van der Waals surface area contributed by atoms with Crippen LogP contribution in [0, 0.1) is 0 Å². The molecule has 0 saturated carbocycles. The normalized spacial score (nSPS) is 16.3. The standard InChI is InChI=1S/C15H20BrN5O2/c1-10(11-5-3-4-6-12(11)16)20-14(17-2)18-7-8-21-13(22)9-19-15(21)23/h3-6,10H,7-9H2,1-2H3,(H,19,23)(H2,17,18,20). The van der Waals surface area contributed by atoms with Crippen LogP contribution >= 0.6 is 15.9 Å². The van der Waals surface area contributed by atoms with Crippen LogP contribution in [0.3, 0.4) is 0 Å². The van der Waals surface area contributed by atoms with Crippen molar-refractivity contribution in [1.82, 2.24) is 20.9 Å². The molecule has 3 N–H and O–H groups in total. The van der Waals surface area contributed by atoms with Gasteiger partial charge in [0.25, 0.3) is 0 Å². The Kier molecular flexibility index (Phi) is 5.97. The van der Waals surface area contributed by atoms with Crippen molar-refractivity contribution in [3.63, 3.8) is 0 Å². The summed E-state index contributed by atoms with van der Waals surface area (Å²) in [5.74, 6) is 0.404. The van der Waals surface area contributed by atoms with Gasteiger partial charge in [-0.25, -0.2) is 4.79 Å². The fraction of sp³-hybridized carbons (Fsp3) is 0.400. The van der Waals surface area contributed by atoms with Gasteiger partial charge in [-0.2, -0.15) is 0 Å². The average molecular weight is 382 g/mol. The van der Waals surface area contributed by atoms with E-state index in [1.165, 1.54) is 4.90 Å². The number of benzene rings is 1. The van der Waals surface area contributed by atoms with Gasteiger partial charge in [0.05, 0.1) is 12.6 Å². The van der Waals surface area contributed by atoms with Gasteiger partial charge in [0.15, 0.2) is 5.96 Å². The lowest BCUT2D eigenvalue weighted by Gasteiger charge is -2.20. The van der Waals surface area contributed by atoms with Crippen molar-refractivity contribution in [1.29, 1.82) is 0 Å². The predicted octanol–water partition coefficient (Wildman–Crippen LogP) is 1.23. The predicted molar refractivity (Wildman–Crippen MR) is 92.2 cm³/mol. The number of aliphatic imine (C=N–C) groups is 1. The zero-order valence-electron chi connectivity index (χ0n) is 13.1. The maximum Gasteiger partial charge on any atom is 0.324 e. The fourth-order valence-electron chi connectivity index (χ4n) is 2.27. The van der Waals surface area contributed by atoms with Crippen LogP contribution in [0.1, 0.15) is 18.5 Å². The number of urea groups is 1. The average Bonchev–Trinajstić information content (AvgIpc) is 2.85. The number of carbonyl (C=O) groups excluding carboxylic acids is 2. The van der Waals surface area contributed by atoms with Crippen LogP contribution in [-0.4, -0.2) is 49.5 Å². The van der Waals surface area contributed by atoms with Crippen LogP contribution in [0.4, 0.5) is 4.79 Å². The van der Waals surface area contributed by atoms with E-state index < -0.39 is 0 Å². The monoisotopic (exact) mass is 381 g/mol. The number of hydrogen-bond acceptors (Lipinski definition) is 3. The molecule has 1 aromatic rings. The van der Waals surface area contributed by atoms with E-state index in [1.54, 1.807) is 7.05 Å². The second-order valence-corrected chi connectivity index (χ2v) is 5.94. The molecule has 1 saturated heterocycles. The number of guanidine groups is 1. The van der Waals surface area contributed by atoms with Crippen molar-refractivity contribution in [2.45, 2.75) is 13.0 Å². The Morgan fingerprint density at radius 1 is 1.43 bits per heavy atom. The van der Waals surface area contributed by atoms with E-state index in [0.29, 0.717) is 19.0 Å². The maximum atomic E-state index is 11.5. The summed E-state index contributed by atoms with van der Waals surface area (Å²) in [6.07, 6.45) is 0. The van der Waals surface area contributed by atoms with Crippen LogP contribution < -0.4 is 16.0 Å². The number of imide groups is 1. The third-order valence-electron chi connectivity index (χ3n) is 3.51. The summed E-state index contributed by atoms with van der Waals surface area (Å²) in [6.45, 7) is 2.84. The molecule has 1 aliphatic rings. The first kappa shape index (κ1) is 17.3. The number of halogens is 1. The van der Waals surface area contributed by atoms with E-state index in [0.717, 1.165) is 10.0 Å². The summed E-state index contributed by atoms with van der Waals surface area (Å²) in [6, 6.07) is 7.66. The van der Waals surface area contributed by atoms with Crippen molar-refractivity contribution in [2.75, 3.05) is 26.7 Å². The summed E-state index contributed by atoms with van der Waals surface area (Å²) < 4.78 is 1.02. The lowest BCUT2D eigenvalue weighted by atomic mass is 10.1. The summed E-state index contributed by atoms with van der Waals surface area (Å²) in [5.41, 5.74) is 1.12. The molecule has 1 aliphatic heterocycles. The largest absolute Gasteiger partial charge is 0.355 e. The molecule has 1 unspecified atom stereocenters. The Morgan fingerprint density at radius 3 is 2.78 bits per heavy atom. The minimum atomic E-state index is -0.346. The lowest BCUT2D eigenvalue weighted by molar-refractivity contribution is -0.124. The zero-order valence-corrected chi connectivity index (χ0v) is 14.7. The molecule has 7 nitrogen and oxygen atoms in total. The summed E-state index contributed by atoms with van der Waals surface area (Å²) in [5, 5.41) is 8.87. The van der Waals surface area contributed by atoms with Crippen molar-refractivity contribution in [2.24, 2.45) is 4.99 Å². The van der Waals surface area contributed by atoms with E-state index in [4.69, 9.17) is 0 Å². The van der Waals surface area contributed by atoms with Gasteiger partial charge in [-0.05, 0) is 18.6 Å². The van der Waals surface area contributed by atoms with Crippen LogP contribution in [0.15, 0.2) is 33.7 Å². The van der Waals surface area contributed by atoms with Gasteiger partial charge >= 0.3 is 6.03 Å². The van der Waals surface area contributed by atoms with Gasteiger partial charge in [-0.15, -0.1) is 0 Å². The second kappa shape index (κ2) is 7.96. The minimum absolute atomic E-state index is 0.0495. The molecule has 1 fully saturated rings. The molecular weight excluding hydrogens is 362 g/mol. The summed E-state index contributed by atoms with van der Waals surface area (Å²) in [4.78, 5) is 28.3. The maximum absolute atomic E-state index is 11.5. The van der Waals surface area contributed by atoms with E-state index in [1.807, 2.05) is 31.2 Å². The number of hydrogen-bond donors (Lipinski definition) is 3. The highest BCUT2D eigenvalue weighted by molar-refractivity contribution is 9.10. The van der Waals surface area contributed by atoms with Crippen LogP contribution in [0.25, 0.3) is 0 Å². The quantitative estimate of drug-likeness (QED) is 0.406. The van der Waals surface area contributed by atoms with Crippen molar-refractivity contribution < 1.29 is 9.59 Å². The number of amides is 3. The highest BCUT2D eigenvalue weighted by atomic mass is 79.9. The fourth-order valence-corrected chi connectivity index (χ4v) is 2.90. The molecule has 8 heteroatoms. The minimum Gasteiger partial charge on any atom is -0.355 e. The molecule has 0 spiro atoms. The van der Waals surface area contributed by atoms with Crippen molar-refractivity contribution in [3.8, 4) is 0 Å². The molecule has 1 aromatic carbocycles. The molecule has 0 radical (unpaired) electrons. The molecule has 23 heavy (non-hydrogen) atoms. The van der Waals surface area contributed by atoms with Gasteiger partial charge in [-0.3, -0.25) is 14.7 Å². The van der Waals surface area contributed by atoms with Gasteiger partial charge in [0.1, 0.15) is 0 Å². The molecule has 0 bridgehead atoms. The molecule has 0 aliphatic carbocycles. The number of nitrogens with one attached hydrogen (secondary N) is 3. The first-order chi connectivity index (χ1) is 11.0. The smallest absolute Gasteiger partial charge is 0.324 e. The molecule has 0 aromatic heterocycles. The second-order valence-electron chi connectivity index (χ2n) is 5.09. The highest BCUT2D eigenvalue weighted by Gasteiger charge is 2.27. The van der Waals surface area contributed by atoms with Crippen LogP contribution in [0.2, 0.25) is 0 Å².